The summed E-state index contributed by atoms with van der Waals surface area (Å²) in [5.41, 5.74) is 1.79. The van der Waals surface area contributed by atoms with Crippen molar-refractivity contribution in [1.82, 2.24) is 14.8 Å². The minimum atomic E-state index is -1.37. The highest BCUT2D eigenvalue weighted by molar-refractivity contribution is 7.92. The van der Waals surface area contributed by atoms with Crippen LogP contribution >= 0.6 is 0 Å². The summed E-state index contributed by atoms with van der Waals surface area (Å²) in [7, 11) is 0. The Morgan fingerprint density at radius 1 is 1.08 bits per heavy atom. The monoisotopic (exact) mass is 356 g/mol. The minimum absolute atomic E-state index is 0.0410. The molecule has 6 heteroatoms. The molecule has 1 aromatic carbocycles. The Balaban J connectivity index is 2.04. The number of anilines is 1. The summed E-state index contributed by atoms with van der Waals surface area (Å²) in [5.74, 6) is 0.596. The Bertz CT molecular complexity index is 868. The Morgan fingerprint density at radius 3 is 2.36 bits per heavy atom. The Morgan fingerprint density at radius 2 is 1.76 bits per heavy atom. The number of nitrogens with zero attached hydrogens (tertiary/aromatic N) is 3. The van der Waals surface area contributed by atoms with E-state index in [1.54, 1.807) is 0 Å². The lowest BCUT2D eigenvalue weighted by Crippen LogP contribution is -2.14. The van der Waals surface area contributed by atoms with Gasteiger partial charge in [0.1, 0.15) is 11.4 Å². The van der Waals surface area contributed by atoms with Crippen LogP contribution < -0.4 is 4.72 Å². The van der Waals surface area contributed by atoms with Crippen molar-refractivity contribution in [3.8, 4) is 0 Å². The van der Waals surface area contributed by atoms with Crippen LogP contribution in [0.25, 0.3) is 11.0 Å². The fourth-order valence-corrected chi connectivity index (χ4v) is 3.41. The number of rotatable bonds is 4. The molecule has 1 atom stereocenters. The highest BCUT2D eigenvalue weighted by atomic mass is 32.2. The van der Waals surface area contributed by atoms with Gasteiger partial charge in [-0.25, -0.2) is 9.67 Å². The molecule has 1 N–H and O–H groups in total. The summed E-state index contributed by atoms with van der Waals surface area (Å²) in [6.07, 6.45) is 0. The molecule has 132 valence electrons. The van der Waals surface area contributed by atoms with Crippen molar-refractivity contribution >= 4 is 28.2 Å². The summed E-state index contributed by atoms with van der Waals surface area (Å²) in [4.78, 5) is 5.55. The standard InChI is InChI=1S/C19H24N4OS/c1-13(2)23-18-15(11-12-16(20-18)19(3,4)5)17(21-23)22-25(24)14-9-7-6-8-10-14/h6-13H,1-5H3,(H,21,22). The number of nitrogens with one attached hydrogen (secondary N) is 1. The molecule has 2 heterocycles. The predicted octanol–water partition coefficient (Wildman–Crippen LogP) is 4.44. The van der Waals surface area contributed by atoms with Gasteiger partial charge in [0.2, 0.25) is 5.82 Å². The molecule has 25 heavy (non-hydrogen) atoms. The van der Waals surface area contributed by atoms with Gasteiger partial charge in [-0.1, -0.05) is 39.0 Å². The van der Waals surface area contributed by atoms with E-state index in [-0.39, 0.29) is 11.5 Å². The van der Waals surface area contributed by atoms with E-state index in [0.717, 1.165) is 16.7 Å². The van der Waals surface area contributed by atoms with Crippen LogP contribution in [0, 0.1) is 0 Å². The van der Waals surface area contributed by atoms with Crippen LogP contribution in [0.5, 0.6) is 0 Å². The third kappa shape index (κ3) is 3.65. The molecule has 5 nitrogen and oxygen atoms in total. The van der Waals surface area contributed by atoms with Crippen LogP contribution in [0.4, 0.5) is 5.82 Å². The average Bonchev–Trinajstić information content (AvgIpc) is 2.93. The van der Waals surface area contributed by atoms with Crippen molar-refractivity contribution in [2.24, 2.45) is 0 Å². The molecule has 0 aliphatic carbocycles. The van der Waals surface area contributed by atoms with Gasteiger partial charge in [-0.15, -0.1) is 5.10 Å². The lowest BCUT2D eigenvalue weighted by molar-refractivity contribution is 0.538. The summed E-state index contributed by atoms with van der Waals surface area (Å²) >= 11 is -1.37. The smallest absolute Gasteiger partial charge is 0.201 e. The van der Waals surface area contributed by atoms with Crippen molar-refractivity contribution in [3.05, 3.63) is 48.2 Å². The van der Waals surface area contributed by atoms with Gasteiger partial charge in [0, 0.05) is 17.2 Å². The third-order valence-electron chi connectivity index (χ3n) is 3.96. The van der Waals surface area contributed by atoms with Crippen molar-refractivity contribution in [2.75, 3.05) is 4.72 Å². The second-order valence-electron chi connectivity index (χ2n) is 7.39. The highest BCUT2D eigenvalue weighted by Crippen LogP contribution is 2.29. The van der Waals surface area contributed by atoms with E-state index in [2.05, 4.69) is 44.4 Å². The second kappa shape index (κ2) is 6.69. The summed E-state index contributed by atoms with van der Waals surface area (Å²) in [5, 5.41) is 5.51. The molecule has 1 unspecified atom stereocenters. The van der Waals surface area contributed by atoms with E-state index in [0.29, 0.717) is 10.7 Å². The predicted molar refractivity (Wildman–Crippen MR) is 103 cm³/mol. The van der Waals surface area contributed by atoms with Crippen LogP contribution in [0.15, 0.2) is 47.4 Å². The number of aromatic nitrogens is 3. The van der Waals surface area contributed by atoms with Gasteiger partial charge in [0.25, 0.3) is 0 Å². The van der Waals surface area contributed by atoms with E-state index in [1.807, 2.05) is 47.1 Å². The van der Waals surface area contributed by atoms with E-state index >= 15 is 0 Å². The number of hydrogen-bond acceptors (Lipinski definition) is 4. The van der Waals surface area contributed by atoms with Crippen molar-refractivity contribution in [3.63, 3.8) is 0 Å². The number of benzene rings is 1. The molecule has 0 bridgehead atoms. The summed E-state index contributed by atoms with van der Waals surface area (Å²) in [6, 6.07) is 13.5. The van der Waals surface area contributed by atoms with Gasteiger partial charge < -0.3 is 4.55 Å². The molecule has 2 aromatic heterocycles. The first-order valence-electron chi connectivity index (χ1n) is 8.40. The summed E-state index contributed by atoms with van der Waals surface area (Å²) < 4.78 is 17.5. The van der Waals surface area contributed by atoms with Crippen molar-refractivity contribution < 1.29 is 4.55 Å². The zero-order valence-electron chi connectivity index (χ0n) is 15.3. The van der Waals surface area contributed by atoms with E-state index in [9.17, 15) is 4.55 Å². The average molecular weight is 356 g/mol. The zero-order valence-corrected chi connectivity index (χ0v) is 16.1. The quantitative estimate of drug-likeness (QED) is 0.702. The first-order chi connectivity index (χ1) is 11.8. The molecule has 0 saturated carbocycles. The molecule has 0 amide bonds. The molecule has 3 aromatic rings. The van der Waals surface area contributed by atoms with Gasteiger partial charge in [-0.2, -0.15) is 4.72 Å². The second-order valence-corrected chi connectivity index (χ2v) is 8.60. The molecule has 0 aliphatic rings. The SMILES string of the molecule is CC(C)n1nc(N[S+]([O-])c2ccccc2)c2ccc(C(C)(C)C)nc21. The van der Waals surface area contributed by atoms with Gasteiger partial charge in [-0.3, -0.25) is 0 Å². The molecular formula is C19H24N4OS. The largest absolute Gasteiger partial charge is 0.588 e. The van der Waals surface area contributed by atoms with Crippen LogP contribution in [0.2, 0.25) is 0 Å². The number of fused-ring (bicyclic) bond motifs is 1. The molecule has 0 saturated heterocycles. The van der Waals surface area contributed by atoms with Crippen molar-refractivity contribution in [2.45, 2.75) is 51.0 Å². The van der Waals surface area contributed by atoms with Gasteiger partial charge in [0.05, 0.1) is 5.39 Å². The number of pyridine rings is 1. The first-order valence-corrected chi connectivity index (χ1v) is 9.55. The lowest BCUT2D eigenvalue weighted by atomic mass is 9.91. The van der Waals surface area contributed by atoms with Crippen LogP contribution in [0.3, 0.4) is 0 Å². The molecule has 0 spiro atoms. The lowest BCUT2D eigenvalue weighted by Gasteiger charge is -2.18. The van der Waals surface area contributed by atoms with Crippen LogP contribution in [-0.2, 0) is 16.8 Å². The van der Waals surface area contributed by atoms with E-state index in [4.69, 9.17) is 4.98 Å². The van der Waals surface area contributed by atoms with Gasteiger partial charge >= 0.3 is 0 Å². The van der Waals surface area contributed by atoms with Crippen molar-refractivity contribution in [1.29, 1.82) is 0 Å². The third-order valence-corrected chi connectivity index (χ3v) is 5.04. The van der Waals surface area contributed by atoms with Crippen LogP contribution in [0.1, 0.15) is 46.4 Å². The fourth-order valence-electron chi connectivity index (χ4n) is 2.56. The zero-order chi connectivity index (χ0) is 18.2. The minimum Gasteiger partial charge on any atom is -0.588 e. The Kier molecular flexibility index (Phi) is 4.75. The highest BCUT2D eigenvalue weighted by Gasteiger charge is 2.22. The fraction of sp³-hybridized carbons (Fsp3) is 0.368. The molecule has 3 rings (SSSR count). The normalized spacial score (nSPS) is 13.4. The maximum absolute atomic E-state index is 12.6. The summed E-state index contributed by atoms with van der Waals surface area (Å²) in [6.45, 7) is 10.5. The topological polar surface area (TPSA) is 65.8 Å². The van der Waals surface area contributed by atoms with Crippen LogP contribution in [-0.4, -0.2) is 19.3 Å². The molecular weight excluding hydrogens is 332 g/mol. The van der Waals surface area contributed by atoms with Gasteiger partial charge in [0.15, 0.2) is 10.5 Å². The first kappa shape index (κ1) is 17.8. The molecule has 0 radical (unpaired) electrons. The number of hydrogen-bond donors (Lipinski definition) is 1. The molecule has 0 fully saturated rings. The maximum atomic E-state index is 12.6. The maximum Gasteiger partial charge on any atom is 0.201 e. The Hall–Kier alpha value is -2.05. The van der Waals surface area contributed by atoms with E-state index < -0.39 is 11.4 Å². The van der Waals surface area contributed by atoms with Gasteiger partial charge in [-0.05, 0) is 38.1 Å². The molecule has 0 aliphatic heterocycles. The Labute approximate surface area is 151 Å². The van der Waals surface area contributed by atoms with E-state index in [1.165, 1.54) is 0 Å².